The Balaban J connectivity index is 2.13. The number of rotatable bonds is 5. The zero-order valence-electron chi connectivity index (χ0n) is 10.6. The molecule has 0 radical (unpaired) electrons. The van der Waals surface area contributed by atoms with Gasteiger partial charge in [0.2, 0.25) is 0 Å². The zero-order valence-corrected chi connectivity index (χ0v) is 11.5. The SMILES string of the molecule is NC(=S)c1ccc(Nc2ccc(OC(F)F)cc2)c(F)c1. The van der Waals surface area contributed by atoms with Crippen LogP contribution in [0.1, 0.15) is 5.56 Å². The average molecular weight is 312 g/mol. The van der Waals surface area contributed by atoms with Crippen molar-refractivity contribution in [3.8, 4) is 5.75 Å². The van der Waals surface area contributed by atoms with Crippen molar-refractivity contribution in [1.29, 1.82) is 0 Å². The molecule has 2 rings (SSSR count). The van der Waals surface area contributed by atoms with Crippen molar-refractivity contribution in [2.24, 2.45) is 5.73 Å². The lowest BCUT2D eigenvalue weighted by Crippen LogP contribution is -2.09. The normalized spacial score (nSPS) is 10.5. The molecule has 0 heterocycles. The van der Waals surface area contributed by atoms with Crippen molar-refractivity contribution in [1.82, 2.24) is 0 Å². The van der Waals surface area contributed by atoms with E-state index in [1.807, 2.05) is 0 Å². The molecule has 0 fully saturated rings. The third kappa shape index (κ3) is 4.09. The van der Waals surface area contributed by atoms with Crippen molar-refractivity contribution in [3.05, 3.63) is 53.8 Å². The lowest BCUT2D eigenvalue weighted by atomic mass is 10.2. The largest absolute Gasteiger partial charge is 0.435 e. The van der Waals surface area contributed by atoms with Crippen LogP contribution in [0.2, 0.25) is 0 Å². The Bertz CT molecular complexity index is 647. The molecule has 2 aromatic rings. The second-order valence-electron chi connectivity index (χ2n) is 4.09. The van der Waals surface area contributed by atoms with Gasteiger partial charge in [0.1, 0.15) is 16.6 Å². The number of thiocarbonyl (C=S) groups is 1. The Morgan fingerprint density at radius 2 is 1.81 bits per heavy atom. The molecular formula is C14H11F3N2OS. The average Bonchev–Trinajstić information content (AvgIpc) is 2.42. The first-order valence-electron chi connectivity index (χ1n) is 5.87. The predicted octanol–water partition coefficient (Wildman–Crippen LogP) is 3.80. The maximum Gasteiger partial charge on any atom is 0.387 e. The van der Waals surface area contributed by atoms with Crippen LogP contribution < -0.4 is 15.8 Å². The Labute approximate surface area is 124 Å². The van der Waals surface area contributed by atoms with E-state index >= 15 is 0 Å². The molecule has 0 aliphatic carbocycles. The molecule has 0 aliphatic rings. The molecule has 0 aliphatic heterocycles. The van der Waals surface area contributed by atoms with Crippen LogP contribution in [0, 0.1) is 5.82 Å². The molecule has 0 saturated heterocycles. The molecule has 110 valence electrons. The minimum absolute atomic E-state index is 0.0276. The second kappa shape index (κ2) is 6.45. The van der Waals surface area contributed by atoms with Gasteiger partial charge < -0.3 is 15.8 Å². The summed E-state index contributed by atoms with van der Waals surface area (Å²) in [6, 6.07) is 10.0. The number of alkyl halides is 2. The first-order valence-corrected chi connectivity index (χ1v) is 6.28. The van der Waals surface area contributed by atoms with E-state index in [4.69, 9.17) is 18.0 Å². The van der Waals surface area contributed by atoms with Gasteiger partial charge in [0, 0.05) is 11.3 Å². The number of ether oxygens (including phenoxy) is 1. The molecular weight excluding hydrogens is 301 g/mol. The summed E-state index contributed by atoms with van der Waals surface area (Å²) in [5.74, 6) is -0.493. The number of anilines is 2. The zero-order chi connectivity index (χ0) is 15.4. The van der Waals surface area contributed by atoms with E-state index in [1.165, 1.54) is 36.4 Å². The van der Waals surface area contributed by atoms with Gasteiger partial charge in [-0.05, 0) is 42.5 Å². The van der Waals surface area contributed by atoms with Crippen molar-refractivity contribution >= 4 is 28.6 Å². The lowest BCUT2D eigenvalue weighted by Gasteiger charge is -2.10. The van der Waals surface area contributed by atoms with Gasteiger partial charge >= 0.3 is 6.61 Å². The fourth-order valence-electron chi connectivity index (χ4n) is 1.64. The lowest BCUT2D eigenvalue weighted by molar-refractivity contribution is -0.0498. The number of nitrogens with two attached hydrogens (primary N) is 1. The molecule has 2 aromatic carbocycles. The summed E-state index contributed by atoms with van der Waals surface area (Å²) in [6.45, 7) is -2.88. The Hall–Kier alpha value is -2.28. The van der Waals surface area contributed by atoms with E-state index in [0.717, 1.165) is 0 Å². The highest BCUT2D eigenvalue weighted by atomic mass is 32.1. The van der Waals surface area contributed by atoms with Gasteiger partial charge in [-0.15, -0.1) is 0 Å². The molecule has 3 nitrogen and oxygen atoms in total. The van der Waals surface area contributed by atoms with Crippen molar-refractivity contribution in [3.63, 3.8) is 0 Å². The highest BCUT2D eigenvalue weighted by molar-refractivity contribution is 7.80. The molecule has 0 spiro atoms. The monoisotopic (exact) mass is 312 g/mol. The molecule has 0 unspecified atom stereocenters. The van der Waals surface area contributed by atoms with Gasteiger partial charge in [-0.3, -0.25) is 0 Å². The predicted molar refractivity (Wildman–Crippen MR) is 78.6 cm³/mol. The molecule has 0 bridgehead atoms. The van der Waals surface area contributed by atoms with E-state index in [2.05, 4.69) is 10.1 Å². The first kappa shape index (κ1) is 15.1. The van der Waals surface area contributed by atoms with E-state index in [-0.39, 0.29) is 16.4 Å². The Kier molecular flexibility index (Phi) is 4.64. The third-order valence-electron chi connectivity index (χ3n) is 2.61. The van der Waals surface area contributed by atoms with Crippen LogP contribution in [-0.4, -0.2) is 11.6 Å². The Morgan fingerprint density at radius 1 is 1.14 bits per heavy atom. The van der Waals surface area contributed by atoms with E-state index in [9.17, 15) is 13.2 Å². The van der Waals surface area contributed by atoms with Gasteiger partial charge in [-0.25, -0.2) is 4.39 Å². The fraction of sp³-hybridized carbons (Fsp3) is 0.0714. The van der Waals surface area contributed by atoms with Crippen molar-refractivity contribution in [2.75, 3.05) is 5.32 Å². The standard InChI is InChI=1S/C14H11F3N2OS/c15-11-7-8(13(18)21)1-6-12(11)19-9-2-4-10(5-3-9)20-14(16)17/h1-7,14,19H,(H2,18,21). The number of halogens is 3. The molecule has 0 saturated carbocycles. The molecule has 3 N–H and O–H groups in total. The van der Waals surface area contributed by atoms with E-state index in [0.29, 0.717) is 11.3 Å². The summed E-state index contributed by atoms with van der Waals surface area (Å²) in [5, 5.41) is 2.82. The molecule has 0 aromatic heterocycles. The summed E-state index contributed by atoms with van der Waals surface area (Å²) in [4.78, 5) is 0.106. The minimum Gasteiger partial charge on any atom is -0.435 e. The minimum atomic E-state index is -2.88. The van der Waals surface area contributed by atoms with Gasteiger partial charge in [-0.1, -0.05) is 12.2 Å². The van der Waals surface area contributed by atoms with Crippen LogP contribution in [-0.2, 0) is 0 Å². The highest BCUT2D eigenvalue weighted by Gasteiger charge is 2.07. The first-order chi connectivity index (χ1) is 9.95. The maximum atomic E-state index is 13.8. The second-order valence-corrected chi connectivity index (χ2v) is 4.53. The molecule has 7 heteroatoms. The van der Waals surface area contributed by atoms with Crippen LogP contribution in [0.25, 0.3) is 0 Å². The number of hydrogen-bond donors (Lipinski definition) is 2. The number of benzene rings is 2. The fourth-order valence-corrected chi connectivity index (χ4v) is 1.77. The van der Waals surface area contributed by atoms with Crippen LogP contribution in [0.4, 0.5) is 24.5 Å². The van der Waals surface area contributed by atoms with Gasteiger partial charge in [0.05, 0.1) is 5.69 Å². The summed E-state index contributed by atoms with van der Waals surface area (Å²) in [5.41, 5.74) is 6.58. The molecule has 21 heavy (non-hydrogen) atoms. The third-order valence-corrected chi connectivity index (χ3v) is 2.85. The Morgan fingerprint density at radius 3 is 2.33 bits per heavy atom. The summed E-state index contributed by atoms with van der Waals surface area (Å²) < 4.78 is 42.1. The maximum absolute atomic E-state index is 13.8. The number of nitrogens with one attached hydrogen (secondary N) is 1. The van der Waals surface area contributed by atoms with Gasteiger partial charge in [0.25, 0.3) is 0 Å². The van der Waals surface area contributed by atoms with Crippen molar-refractivity contribution in [2.45, 2.75) is 6.61 Å². The summed E-state index contributed by atoms with van der Waals surface area (Å²) in [6.07, 6.45) is 0. The smallest absolute Gasteiger partial charge is 0.387 e. The van der Waals surface area contributed by atoms with Crippen molar-refractivity contribution < 1.29 is 17.9 Å². The molecule has 0 atom stereocenters. The van der Waals surface area contributed by atoms with Crippen LogP contribution in [0.5, 0.6) is 5.75 Å². The van der Waals surface area contributed by atoms with Crippen LogP contribution in [0.15, 0.2) is 42.5 Å². The molecule has 0 amide bonds. The van der Waals surface area contributed by atoms with E-state index < -0.39 is 12.4 Å². The highest BCUT2D eigenvalue weighted by Crippen LogP contribution is 2.23. The quantitative estimate of drug-likeness (QED) is 0.824. The number of hydrogen-bond acceptors (Lipinski definition) is 3. The topological polar surface area (TPSA) is 47.3 Å². The summed E-state index contributed by atoms with van der Waals surface area (Å²) in [7, 11) is 0. The van der Waals surface area contributed by atoms with Crippen LogP contribution >= 0.6 is 12.2 Å². The van der Waals surface area contributed by atoms with Crippen LogP contribution in [0.3, 0.4) is 0 Å². The van der Waals surface area contributed by atoms with Gasteiger partial charge in [0.15, 0.2) is 0 Å². The summed E-state index contributed by atoms with van der Waals surface area (Å²) >= 11 is 4.76. The van der Waals surface area contributed by atoms with Gasteiger partial charge in [-0.2, -0.15) is 8.78 Å². The van der Waals surface area contributed by atoms with E-state index in [1.54, 1.807) is 6.07 Å².